The summed E-state index contributed by atoms with van der Waals surface area (Å²) in [6, 6.07) is 10.7. The second-order valence-electron chi connectivity index (χ2n) is 7.82. The summed E-state index contributed by atoms with van der Waals surface area (Å²) in [6.07, 6.45) is 0.510. The van der Waals surface area contributed by atoms with Crippen LogP contribution in [0, 0.1) is 0 Å². The first-order chi connectivity index (χ1) is 16.3. The average Bonchev–Trinajstić information content (AvgIpc) is 3.27. The third-order valence-electron chi connectivity index (χ3n) is 5.92. The predicted octanol–water partition coefficient (Wildman–Crippen LogP) is 6.52. The van der Waals surface area contributed by atoms with E-state index in [1.807, 2.05) is 12.1 Å². The van der Waals surface area contributed by atoms with E-state index in [-0.39, 0.29) is 34.5 Å². The van der Waals surface area contributed by atoms with Crippen LogP contribution < -0.4 is 9.47 Å². The molecule has 2 aliphatic heterocycles. The van der Waals surface area contributed by atoms with Crippen LogP contribution in [0.4, 0.5) is 0 Å². The Balaban J connectivity index is 1.70. The number of ether oxygens (including phenoxy) is 2. The Morgan fingerprint density at radius 1 is 0.882 bits per heavy atom. The van der Waals surface area contributed by atoms with Crippen molar-refractivity contribution in [2.24, 2.45) is 0 Å². The Bertz CT molecular complexity index is 1360. The van der Waals surface area contributed by atoms with Crippen LogP contribution in [0.2, 0.25) is 20.1 Å². The van der Waals surface area contributed by atoms with Crippen LogP contribution in [-0.4, -0.2) is 35.2 Å². The van der Waals surface area contributed by atoms with Gasteiger partial charge < -0.3 is 19.5 Å². The highest BCUT2D eigenvalue weighted by Gasteiger charge is 2.37. The molecule has 1 amide bonds. The van der Waals surface area contributed by atoms with Gasteiger partial charge in [-0.25, -0.2) is 4.79 Å². The summed E-state index contributed by atoms with van der Waals surface area (Å²) in [6.45, 7) is 0.396. The second kappa shape index (κ2) is 8.86. The van der Waals surface area contributed by atoms with Crippen LogP contribution in [0.3, 0.4) is 0 Å². The molecule has 0 aromatic heterocycles. The van der Waals surface area contributed by atoms with E-state index >= 15 is 0 Å². The molecule has 10 heteroatoms. The number of amides is 1. The Morgan fingerprint density at radius 2 is 1.56 bits per heavy atom. The first-order valence-corrected chi connectivity index (χ1v) is 11.7. The van der Waals surface area contributed by atoms with Gasteiger partial charge in [0, 0.05) is 6.54 Å². The standard InChI is InChI=1S/C24H15Cl4NO5/c25-16-3-1-2-12(21(16)28)22-13-9-20-19(33-10-34-20)6-11(13)4-5-29(22)23(30)14-7-17(26)18(27)8-15(14)24(31)32/h1-3,6-9,22H,4-5,10H2,(H,31,32). The van der Waals surface area contributed by atoms with Gasteiger partial charge in [-0.05, 0) is 53.4 Å². The van der Waals surface area contributed by atoms with Crippen LogP contribution >= 0.6 is 46.4 Å². The Labute approximate surface area is 214 Å². The molecule has 1 unspecified atom stereocenters. The van der Waals surface area contributed by atoms with Gasteiger partial charge in [-0.3, -0.25) is 4.79 Å². The topological polar surface area (TPSA) is 76.1 Å². The number of rotatable bonds is 3. The number of fused-ring (bicyclic) bond motifs is 2. The number of hydrogen-bond donors (Lipinski definition) is 1. The fourth-order valence-electron chi connectivity index (χ4n) is 4.35. The molecule has 1 N–H and O–H groups in total. The highest BCUT2D eigenvalue weighted by Crippen LogP contribution is 2.45. The van der Waals surface area contributed by atoms with Crippen molar-refractivity contribution in [2.45, 2.75) is 12.5 Å². The van der Waals surface area contributed by atoms with E-state index < -0.39 is 17.9 Å². The number of carboxylic acid groups (broad SMARTS) is 1. The van der Waals surface area contributed by atoms with Crippen molar-refractivity contribution in [1.29, 1.82) is 0 Å². The van der Waals surface area contributed by atoms with Gasteiger partial charge in [0.1, 0.15) is 0 Å². The summed E-state index contributed by atoms with van der Waals surface area (Å²) in [4.78, 5) is 27.3. The van der Waals surface area contributed by atoms with Crippen molar-refractivity contribution in [3.05, 3.63) is 90.4 Å². The highest BCUT2D eigenvalue weighted by atomic mass is 35.5. The lowest BCUT2D eigenvalue weighted by atomic mass is 9.87. The van der Waals surface area contributed by atoms with Crippen molar-refractivity contribution in [2.75, 3.05) is 13.3 Å². The van der Waals surface area contributed by atoms with Crippen LogP contribution in [-0.2, 0) is 6.42 Å². The molecule has 1 atom stereocenters. The molecule has 34 heavy (non-hydrogen) atoms. The molecule has 0 bridgehead atoms. The molecule has 174 valence electrons. The summed E-state index contributed by atoms with van der Waals surface area (Å²) >= 11 is 25.1. The van der Waals surface area contributed by atoms with Crippen LogP contribution in [0.25, 0.3) is 0 Å². The van der Waals surface area contributed by atoms with E-state index in [1.165, 1.54) is 12.1 Å². The van der Waals surface area contributed by atoms with Gasteiger partial charge in [-0.1, -0.05) is 58.5 Å². The first kappa shape index (κ1) is 23.1. The highest BCUT2D eigenvalue weighted by molar-refractivity contribution is 6.43. The zero-order valence-corrected chi connectivity index (χ0v) is 20.3. The Morgan fingerprint density at radius 3 is 2.26 bits per heavy atom. The normalized spacial score (nSPS) is 16.4. The number of halogens is 4. The van der Waals surface area contributed by atoms with E-state index in [9.17, 15) is 14.7 Å². The van der Waals surface area contributed by atoms with Gasteiger partial charge in [-0.15, -0.1) is 0 Å². The van der Waals surface area contributed by atoms with Gasteiger partial charge in [0.15, 0.2) is 11.5 Å². The fraction of sp³-hybridized carbons (Fsp3) is 0.167. The lowest BCUT2D eigenvalue weighted by molar-refractivity contribution is 0.0653. The van der Waals surface area contributed by atoms with Crippen LogP contribution in [0.5, 0.6) is 11.5 Å². The molecule has 0 radical (unpaired) electrons. The van der Waals surface area contributed by atoms with E-state index in [0.29, 0.717) is 33.5 Å². The fourth-order valence-corrected chi connectivity index (χ4v) is 5.09. The van der Waals surface area contributed by atoms with Gasteiger partial charge in [-0.2, -0.15) is 0 Å². The smallest absolute Gasteiger partial charge is 0.336 e. The maximum atomic E-state index is 13.8. The monoisotopic (exact) mass is 537 g/mol. The van der Waals surface area contributed by atoms with Crippen molar-refractivity contribution >= 4 is 58.3 Å². The molecule has 0 saturated carbocycles. The average molecular weight is 539 g/mol. The van der Waals surface area contributed by atoms with Crippen LogP contribution in [0.1, 0.15) is 43.4 Å². The molecular formula is C24H15Cl4NO5. The van der Waals surface area contributed by atoms with Crippen molar-refractivity contribution in [3.63, 3.8) is 0 Å². The lowest BCUT2D eigenvalue weighted by Gasteiger charge is -2.38. The van der Waals surface area contributed by atoms with Crippen molar-refractivity contribution in [1.82, 2.24) is 4.90 Å². The summed E-state index contributed by atoms with van der Waals surface area (Å²) in [5.74, 6) is -0.635. The maximum absolute atomic E-state index is 13.8. The summed E-state index contributed by atoms with van der Waals surface area (Å²) < 4.78 is 11.1. The molecule has 3 aromatic rings. The Hall–Kier alpha value is -2.64. The molecule has 0 fully saturated rings. The summed E-state index contributed by atoms with van der Waals surface area (Å²) in [5, 5.41) is 10.5. The second-order valence-corrected chi connectivity index (χ2v) is 9.42. The number of nitrogens with zero attached hydrogens (tertiary/aromatic N) is 1. The molecule has 2 aliphatic rings. The summed E-state index contributed by atoms with van der Waals surface area (Å²) in [5.41, 5.74) is 2.02. The molecular weight excluding hydrogens is 524 g/mol. The number of hydrogen-bond acceptors (Lipinski definition) is 4. The van der Waals surface area contributed by atoms with Gasteiger partial charge in [0.2, 0.25) is 6.79 Å². The minimum Gasteiger partial charge on any atom is -0.478 e. The maximum Gasteiger partial charge on any atom is 0.336 e. The van der Waals surface area contributed by atoms with Crippen LogP contribution in [0.15, 0.2) is 42.5 Å². The van der Waals surface area contributed by atoms with E-state index in [1.54, 1.807) is 23.1 Å². The number of benzene rings is 3. The zero-order chi connectivity index (χ0) is 24.1. The number of carbonyl (C=O) groups excluding carboxylic acids is 1. The molecule has 0 spiro atoms. The molecule has 3 aromatic carbocycles. The minimum absolute atomic E-state index is 0.0433. The van der Waals surface area contributed by atoms with Crippen molar-refractivity contribution < 1.29 is 24.2 Å². The zero-order valence-electron chi connectivity index (χ0n) is 17.3. The molecule has 0 aliphatic carbocycles. The molecule has 6 nitrogen and oxygen atoms in total. The minimum atomic E-state index is -1.29. The van der Waals surface area contributed by atoms with E-state index in [0.717, 1.165) is 11.1 Å². The molecule has 2 heterocycles. The van der Waals surface area contributed by atoms with Gasteiger partial charge in [0.05, 0.1) is 37.3 Å². The van der Waals surface area contributed by atoms with Gasteiger partial charge in [0.25, 0.3) is 5.91 Å². The largest absolute Gasteiger partial charge is 0.478 e. The first-order valence-electron chi connectivity index (χ1n) is 10.2. The third kappa shape index (κ3) is 3.85. The van der Waals surface area contributed by atoms with Gasteiger partial charge >= 0.3 is 5.97 Å². The molecule has 0 saturated heterocycles. The molecule has 5 rings (SSSR count). The number of carbonyl (C=O) groups is 2. The third-order valence-corrected chi connectivity index (χ3v) is 7.48. The summed E-state index contributed by atoms with van der Waals surface area (Å²) in [7, 11) is 0. The number of aromatic carboxylic acids is 1. The lowest BCUT2D eigenvalue weighted by Crippen LogP contribution is -2.41. The van der Waals surface area contributed by atoms with E-state index in [4.69, 9.17) is 55.9 Å². The SMILES string of the molecule is O=C(O)c1cc(Cl)c(Cl)cc1C(=O)N1CCc2cc3c(cc2C1c1cccc(Cl)c1Cl)OCO3. The van der Waals surface area contributed by atoms with E-state index in [2.05, 4.69) is 0 Å². The number of carboxylic acids is 1. The quantitative estimate of drug-likeness (QED) is 0.411. The predicted molar refractivity (Wildman–Crippen MR) is 129 cm³/mol. The Kier molecular flexibility index (Phi) is 6.02. The van der Waals surface area contributed by atoms with Crippen molar-refractivity contribution in [3.8, 4) is 11.5 Å².